The molecule has 9 heteroatoms. The molecular weight excluding hydrogens is 262 g/mol. The van der Waals surface area contributed by atoms with Gasteiger partial charge in [0.2, 0.25) is 11.9 Å². The van der Waals surface area contributed by atoms with Crippen LogP contribution in [0, 0.1) is 0 Å². The first kappa shape index (κ1) is 14.2. The number of nitrogens with two attached hydrogens (primary N) is 1. The fourth-order valence-electron chi connectivity index (χ4n) is 1.67. The molecule has 9 nitrogen and oxygen atoms in total. The lowest BCUT2D eigenvalue weighted by Crippen LogP contribution is -2.33. The maximum absolute atomic E-state index is 9.72. The number of likely N-dealkylation sites (N-methyl/N-ethyl adjacent to an activating group) is 1. The zero-order valence-corrected chi connectivity index (χ0v) is 11.3. The largest absolute Gasteiger partial charge is 0.389 e. The molecule has 0 bridgehead atoms. The highest BCUT2D eigenvalue weighted by Gasteiger charge is 2.14. The van der Waals surface area contributed by atoms with Crippen molar-refractivity contribution >= 4 is 11.9 Å². The second kappa shape index (κ2) is 6.26. The molecular formula is C11H17N7O2. The predicted octanol–water partition coefficient (Wildman–Crippen LogP) is -0.917. The number of anilines is 2. The first-order chi connectivity index (χ1) is 9.60. The van der Waals surface area contributed by atoms with Crippen LogP contribution in [0.2, 0.25) is 0 Å². The van der Waals surface area contributed by atoms with E-state index < -0.39 is 6.10 Å². The molecule has 0 amide bonds. The molecule has 2 heterocycles. The number of ether oxygens (including phenoxy) is 1. The van der Waals surface area contributed by atoms with Crippen LogP contribution in [0.3, 0.4) is 0 Å². The summed E-state index contributed by atoms with van der Waals surface area (Å²) < 4.78 is 6.37. The smallest absolute Gasteiger partial charge is 0.257 e. The number of aromatic nitrogens is 5. The van der Waals surface area contributed by atoms with Crippen molar-refractivity contribution in [3.63, 3.8) is 0 Å². The lowest BCUT2D eigenvalue weighted by Gasteiger charge is -2.20. The number of nitrogen functional groups attached to an aromatic ring is 1. The monoisotopic (exact) mass is 279 g/mol. The third-order valence-corrected chi connectivity index (χ3v) is 2.52. The SMILES string of the molecule is COCC(O)CN(C)c1nc(N)nc(-n2cccn2)n1. The third-order valence-electron chi connectivity index (χ3n) is 2.52. The van der Waals surface area contributed by atoms with Gasteiger partial charge in [-0.05, 0) is 6.07 Å². The topological polar surface area (TPSA) is 115 Å². The van der Waals surface area contributed by atoms with Crippen LogP contribution in [0.5, 0.6) is 0 Å². The van der Waals surface area contributed by atoms with Crippen LogP contribution in [0.25, 0.3) is 5.95 Å². The van der Waals surface area contributed by atoms with Gasteiger partial charge in [0.25, 0.3) is 5.95 Å². The minimum atomic E-state index is -0.642. The van der Waals surface area contributed by atoms with Gasteiger partial charge in [-0.2, -0.15) is 20.1 Å². The summed E-state index contributed by atoms with van der Waals surface area (Å²) in [6.45, 7) is 0.548. The Morgan fingerprint density at radius 3 is 2.90 bits per heavy atom. The third kappa shape index (κ3) is 3.39. The summed E-state index contributed by atoms with van der Waals surface area (Å²) in [7, 11) is 3.28. The van der Waals surface area contributed by atoms with Crippen molar-refractivity contribution in [2.75, 3.05) is 37.9 Å². The van der Waals surface area contributed by atoms with Crippen molar-refractivity contribution < 1.29 is 9.84 Å². The normalized spacial score (nSPS) is 12.3. The van der Waals surface area contributed by atoms with Gasteiger partial charge in [-0.15, -0.1) is 0 Å². The van der Waals surface area contributed by atoms with Gasteiger partial charge in [0.1, 0.15) is 0 Å². The molecule has 0 aliphatic rings. The zero-order chi connectivity index (χ0) is 14.5. The van der Waals surface area contributed by atoms with Crippen LogP contribution in [-0.2, 0) is 4.74 Å². The number of hydrogen-bond acceptors (Lipinski definition) is 8. The van der Waals surface area contributed by atoms with Crippen LogP contribution in [0.15, 0.2) is 18.5 Å². The van der Waals surface area contributed by atoms with Crippen LogP contribution < -0.4 is 10.6 Å². The number of methoxy groups -OCH3 is 1. The number of rotatable bonds is 6. The molecule has 1 atom stereocenters. The first-order valence-electron chi connectivity index (χ1n) is 6.00. The summed E-state index contributed by atoms with van der Waals surface area (Å²) in [4.78, 5) is 14.0. The Labute approximate surface area is 116 Å². The van der Waals surface area contributed by atoms with Crippen molar-refractivity contribution in [1.29, 1.82) is 0 Å². The van der Waals surface area contributed by atoms with Gasteiger partial charge in [0.15, 0.2) is 0 Å². The summed E-state index contributed by atoms with van der Waals surface area (Å²) in [5, 5.41) is 13.8. The van der Waals surface area contributed by atoms with E-state index in [2.05, 4.69) is 20.1 Å². The average molecular weight is 279 g/mol. The van der Waals surface area contributed by atoms with E-state index >= 15 is 0 Å². The van der Waals surface area contributed by atoms with E-state index in [1.807, 2.05) is 0 Å². The van der Waals surface area contributed by atoms with Crippen molar-refractivity contribution in [3.05, 3.63) is 18.5 Å². The molecule has 108 valence electrons. The fraction of sp³-hybridized carbons (Fsp3) is 0.455. The van der Waals surface area contributed by atoms with Crippen LogP contribution in [0.1, 0.15) is 0 Å². The van der Waals surface area contributed by atoms with E-state index in [0.29, 0.717) is 18.4 Å². The Bertz CT molecular complexity index is 546. The lowest BCUT2D eigenvalue weighted by molar-refractivity contribution is 0.0693. The minimum Gasteiger partial charge on any atom is -0.389 e. The van der Waals surface area contributed by atoms with Gasteiger partial charge in [0, 0.05) is 33.1 Å². The Morgan fingerprint density at radius 2 is 2.25 bits per heavy atom. The van der Waals surface area contributed by atoms with Crippen LogP contribution in [0.4, 0.5) is 11.9 Å². The molecule has 0 aliphatic carbocycles. The maximum atomic E-state index is 9.72. The van der Waals surface area contributed by atoms with E-state index in [1.54, 1.807) is 30.4 Å². The second-order valence-corrected chi connectivity index (χ2v) is 4.23. The molecule has 20 heavy (non-hydrogen) atoms. The molecule has 2 rings (SSSR count). The quantitative estimate of drug-likeness (QED) is 0.697. The number of nitrogens with zero attached hydrogens (tertiary/aromatic N) is 6. The van der Waals surface area contributed by atoms with E-state index in [9.17, 15) is 5.11 Å². The molecule has 0 fully saturated rings. The van der Waals surface area contributed by atoms with E-state index in [-0.39, 0.29) is 12.6 Å². The molecule has 3 N–H and O–H groups in total. The Morgan fingerprint density at radius 1 is 1.45 bits per heavy atom. The fourth-order valence-corrected chi connectivity index (χ4v) is 1.67. The summed E-state index contributed by atoms with van der Waals surface area (Å²) in [6.07, 6.45) is 2.68. The molecule has 2 aromatic rings. The van der Waals surface area contributed by atoms with Gasteiger partial charge in [-0.3, -0.25) is 0 Å². The summed E-state index contributed by atoms with van der Waals surface area (Å²) >= 11 is 0. The van der Waals surface area contributed by atoms with Gasteiger partial charge in [-0.25, -0.2) is 4.68 Å². The Balaban J connectivity index is 2.19. The minimum absolute atomic E-state index is 0.0913. The van der Waals surface area contributed by atoms with Crippen LogP contribution in [-0.4, -0.2) is 63.3 Å². The van der Waals surface area contributed by atoms with Gasteiger partial charge in [0.05, 0.1) is 12.7 Å². The number of aliphatic hydroxyl groups excluding tert-OH is 1. The summed E-state index contributed by atoms with van der Waals surface area (Å²) in [6, 6.07) is 1.76. The highest BCUT2D eigenvalue weighted by molar-refractivity contribution is 5.37. The highest BCUT2D eigenvalue weighted by atomic mass is 16.5. The summed E-state index contributed by atoms with van der Waals surface area (Å²) in [5.41, 5.74) is 5.68. The molecule has 0 saturated heterocycles. The van der Waals surface area contributed by atoms with E-state index in [0.717, 1.165) is 0 Å². The first-order valence-corrected chi connectivity index (χ1v) is 6.00. The zero-order valence-electron chi connectivity index (χ0n) is 11.3. The van der Waals surface area contributed by atoms with E-state index in [1.165, 1.54) is 11.8 Å². The molecule has 0 saturated carbocycles. The molecule has 0 aliphatic heterocycles. The Hall–Kier alpha value is -2.26. The van der Waals surface area contributed by atoms with Crippen molar-refractivity contribution in [2.24, 2.45) is 0 Å². The molecule has 2 aromatic heterocycles. The van der Waals surface area contributed by atoms with Gasteiger partial charge >= 0.3 is 0 Å². The average Bonchev–Trinajstić information content (AvgIpc) is 2.92. The predicted molar refractivity (Wildman–Crippen MR) is 72.5 cm³/mol. The second-order valence-electron chi connectivity index (χ2n) is 4.23. The molecule has 1 unspecified atom stereocenters. The van der Waals surface area contributed by atoms with Gasteiger partial charge in [-0.1, -0.05) is 0 Å². The summed E-state index contributed by atoms with van der Waals surface area (Å²) in [5.74, 6) is 0.775. The van der Waals surface area contributed by atoms with Crippen molar-refractivity contribution in [3.8, 4) is 5.95 Å². The van der Waals surface area contributed by atoms with Crippen molar-refractivity contribution in [2.45, 2.75) is 6.10 Å². The Kier molecular flexibility index (Phi) is 4.43. The lowest BCUT2D eigenvalue weighted by atomic mass is 10.3. The number of aliphatic hydroxyl groups is 1. The van der Waals surface area contributed by atoms with E-state index in [4.69, 9.17) is 10.5 Å². The number of hydrogen-bond donors (Lipinski definition) is 2. The van der Waals surface area contributed by atoms with Gasteiger partial charge < -0.3 is 20.5 Å². The molecule has 0 aromatic carbocycles. The standard InChI is InChI=1S/C11H17N7O2/c1-17(6-8(19)7-20-2)10-14-9(12)15-11(16-10)18-5-3-4-13-18/h3-5,8,19H,6-7H2,1-2H3,(H2,12,14,15,16). The van der Waals surface area contributed by atoms with Crippen molar-refractivity contribution in [1.82, 2.24) is 24.7 Å². The maximum Gasteiger partial charge on any atom is 0.257 e. The molecule has 0 radical (unpaired) electrons. The highest BCUT2D eigenvalue weighted by Crippen LogP contribution is 2.10. The molecule has 0 spiro atoms. The van der Waals surface area contributed by atoms with Crippen LogP contribution >= 0.6 is 0 Å².